The Balaban J connectivity index is 2.31. The third-order valence-corrected chi connectivity index (χ3v) is 3.45. The Morgan fingerprint density at radius 1 is 1.24 bits per heavy atom. The monoisotopic (exact) mass is 263 g/mol. The first-order valence-electron chi connectivity index (χ1n) is 4.99. The van der Waals surface area contributed by atoms with E-state index < -0.39 is 0 Å². The first-order valence-corrected chi connectivity index (χ1v) is 6.18. The predicted octanol–water partition coefficient (Wildman–Crippen LogP) is 4.19. The maximum absolute atomic E-state index is 12.2. The van der Waals surface area contributed by atoms with Crippen LogP contribution in [0.15, 0.2) is 55.2 Å². The largest absolute Gasteiger partial charge is 0.275 e. The Kier molecular flexibility index (Phi) is 3.61. The SMILES string of the molecule is C=CN(C(=O)c1ccccc1)c1ccc(Cl)s1. The van der Waals surface area contributed by atoms with Gasteiger partial charge in [0.05, 0.1) is 4.34 Å². The summed E-state index contributed by atoms with van der Waals surface area (Å²) < 4.78 is 0.646. The van der Waals surface area contributed by atoms with E-state index in [9.17, 15) is 4.79 Å². The van der Waals surface area contributed by atoms with Gasteiger partial charge in [-0.2, -0.15) is 0 Å². The highest BCUT2D eigenvalue weighted by molar-refractivity contribution is 7.20. The summed E-state index contributed by atoms with van der Waals surface area (Å²) in [5, 5.41) is 0.763. The Hall–Kier alpha value is -1.58. The van der Waals surface area contributed by atoms with E-state index in [2.05, 4.69) is 6.58 Å². The third-order valence-electron chi connectivity index (χ3n) is 2.22. The molecule has 86 valence electrons. The van der Waals surface area contributed by atoms with Gasteiger partial charge in [0.2, 0.25) is 0 Å². The number of amides is 1. The second-order valence-electron chi connectivity index (χ2n) is 3.30. The Labute approximate surface area is 109 Å². The van der Waals surface area contributed by atoms with E-state index in [1.54, 1.807) is 24.3 Å². The molecule has 0 bridgehead atoms. The van der Waals surface area contributed by atoms with Crippen molar-refractivity contribution >= 4 is 33.8 Å². The molecule has 0 aliphatic carbocycles. The second-order valence-corrected chi connectivity index (χ2v) is 5.00. The Morgan fingerprint density at radius 3 is 2.47 bits per heavy atom. The van der Waals surface area contributed by atoms with Gasteiger partial charge in [-0.3, -0.25) is 9.69 Å². The molecule has 1 aromatic carbocycles. The average molecular weight is 264 g/mol. The number of benzene rings is 1. The zero-order valence-electron chi connectivity index (χ0n) is 8.97. The normalized spacial score (nSPS) is 9.94. The van der Waals surface area contributed by atoms with Crippen LogP contribution < -0.4 is 4.90 Å². The lowest BCUT2D eigenvalue weighted by atomic mass is 10.2. The van der Waals surface area contributed by atoms with Crippen molar-refractivity contribution in [3.8, 4) is 0 Å². The fourth-order valence-electron chi connectivity index (χ4n) is 1.43. The third kappa shape index (κ3) is 2.57. The predicted molar refractivity (Wildman–Crippen MR) is 72.8 cm³/mol. The van der Waals surface area contributed by atoms with E-state index in [-0.39, 0.29) is 5.91 Å². The number of carbonyl (C=O) groups is 1. The highest BCUT2D eigenvalue weighted by Crippen LogP contribution is 2.30. The number of hydrogen-bond acceptors (Lipinski definition) is 2. The maximum Gasteiger partial charge on any atom is 0.262 e. The highest BCUT2D eigenvalue weighted by atomic mass is 35.5. The molecule has 0 fully saturated rings. The van der Waals surface area contributed by atoms with E-state index in [0.717, 1.165) is 5.00 Å². The van der Waals surface area contributed by atoms with Gasteiger partial charge in [0.25, 0.3) is 5.91 Å². The lowest BCUT2D eigenvalue weighted by molar-refractivity contribution is 0.0998. The van der Waals surface area contributed by atoms with Gasteiger partial charge in [-0.15, -0.1) is 11.3 Å². The van der Waals surface area contributed by atoms with E-state index in [0.29, 0.717) is 9.90 Å². The van der Waals surface area contributed by atoms with Crippen molar-refractivity contribution in [3.05, 3.63) is 65.1 Å². The maximum atomic E-state index is 12.2. The van der Waals surface area contributed by atoms with Crippen molar-refractivity contribution < 1.29 is 4.79 Å². The molecule has 4 heteroatoms. The fraction of sp³-hybridized carbons (Fsp3) is 0. The highest BCUT2D eigenvalue weighted by Gasteiger charge is 2.16. The molecule has 2 aromatic rings. The number of hydrogen-bond donors (Lipinski definition) is 0. The van der Waals surface area contributed by atoms with Gasteiger partial charge in [-0.1, -0.05) is 36.4 Å². The topological polar surface area (TPSA) is 20.3 Å². The quantitative estimate of drug-likeness (QED) is 0.813. The number of rotatable bonds is 3. The summed E-state index contributed by atoms with van der Waals surface area (Å²) in [6, 6.07) is 12.6. The molecule has 0 unspecified atom stereocenters. The molecule has 1 aromatic heterocycles. The van der Waals surface area contributed by atoms with Crippen LogP contribution in [0, 0.1) is 0 Å². The molecule has 0 aliphatic rings. The van der Waals surface area contributed by atoms with Crippen molar-refractivity contribution in [1.29, 1.82) is 0 Å². The smallest absolute Gasteiger partial charge is 0.262 e. The molecule has 0 N–H and O–H groups in total. The summed E-state index contributed by atoms with van der Waals surface area (Å²) in [4.78, 5) is 13.7. The van der Waals surface area contributed by atoms with E-state index >= 15 is 0 Å². The van der Waals surface area contributed by atoms with Gasteiger partial charge in [0.1, 0.15) is 5.00 Å². The Morgan fingerprint density at radius 2 is 1.94 bits per heavy atom. The molecule has 2 nitrogen and oxygen atoms in total. The average Bonchev–Trinajstić information content (AvgIpc) is 2.78. The lowest BCUT2D eigenvalue weighted by Crippen LogP contribution is -2.23. The van der Waals surface area contributed by atoms with Gasteiger partial charge >= 0.3 is 0 Å². The molecule has 0 radical (unpaired) electrons. The van der Waals surface area contributed by atoms with Crippen molar-refractivity contribution in [2.45, 2.75) is 0 Å². The lowest BCUT2D eigenvalue weighted by Gasteiger charge is -2.15. The molecule has 0 saturated carbocycles. The van der Waals surface area contributed by atoms with Crippen LogP contribution in [0.1, 0.15) is 10.4 Å². The summed E-state index contributed by atoms with van der Waals surface area (Å²) in [5.41, 5.74) is 0.622. The molecular weight excluding hydrogens is 254 g/mol. The molecule has 17 heavy (non-hydrogen) atoms. The molecule has 0 saturated heterocycles. The van der Waals surface area contributed by atoms with Crippen LogP contribution in [-0.4, -0.2) is 5.91 Å². The van der Waals surface area contributed by atoms with Crippen LogP contribution >= 0.6 is 22.9 Å². The first-order chi connectivity index (χ1) is 8.22. The first kappa shape index (κ1) is 11.9. The fourth-order valence-corrected chi connectivity index (χ4v) is 2.45. The molecule has 0 atom stereocenters. The molecule has 1 heterocycles. The Bertz CT molecular complexity index is 535. The van der Waals surface area contributed by atoms with Crippen molar-refractivity contribution in [1.82, 2.24) is 0 Å². The van der Waals surface area contributed by atoms with Crippen molar-refractivity contribution in [2.24, 2.45) is 0 Å². The minimum Gasteiger partial charge on any atom is -0.275 e. The summed E-state index contributed by atoms with van der Waals surface area (Å²) in [5.74, 6) is -0.112. The van der Waals surface area contributed by atoms with Crippen molar-refractivity contribution in [2.75, 3.05) is 4.90 Å². The number of thiophene rings is 1. The van der Waals surface area contributed by atoms with Gasteiger partial charge in [0, 0.05) is 11.8 Å². The van der Waals surface area contributed by atoms with Crippen LogP contribution in [0.4, 0.5) is 5.00 Å². The van der Waals surface area contributed by atoms with Gasteiger partial charge in [-0.05, 0) is 24.3 Å². The van der Waals surface area contributed by atoms with E-state index in [4.69, 9.17) is 11.6 Å². The number of halogens is 1. The summed E-state index contributed by atoms with van der Waals surface area (Å²) in [6.45, 7) is 3.66. The van der Waals surface area contributed by atoms with Crippen LogP contribution in [0.3, 0.4) is 0 Å². The van der Waals surface area contributed by atoms with Crippen LogP contribution in [-0.2, 0) is 0 Å². The van der Waals surface area contributed by atoms with E-state index in [1.807, 2.05) is 18.2 Å². The zero-order valence-corrected chi connectivity index (χ0v) is 10.5. The summed E-state index contributed by atoms with van der Waals surface area (Å²) in [6.07, 6.45) is 1.50. The van der Waals surface area contributed by atoms with Gasteiger partial charge in [0.15, 0.2) is 0 Å². The summed E-state index contributed by atoms with van der Waals surface area (Å²) >= 11 is 7.20. The van der Waals surface area contributed by atoms with Crippen LogP contribution in [0.2, 0.25) is 4.34 Å². The minimum absolute atomic E-state index is 0.112. The molecule has 0 aliphatic heterocycles. The van der Waals surface area contributed by atoms with Gasteiger partial charge in [-0.25, -0.2) is 0 Å². The van der Waals surface area contributed by atoms with Crippen LogP contribution in [0.5, 0.6) is 0 Å². The van der Waals surface area contributed by atoms with Gasteiger partial charge < -0.3 is 0 Å². The number of anilines is 1. The standard InChI is InChI=1S/C13H10ClNOS/c1-2-15(12-9-8-11(14)17-12)13(16)10-6-4-3-5-7-10/h2-9H,1H2. The molecular formula is C13H10ClNOS. The number of carbonyl (C=O) groups excluding carboxylic acids is 1. The van der Waals surface area contributed by atoms with Crippen LogP contribution in [0.25, 0.3) is 0 Å². The molecule has 2 rings (SSSR count). The molecule has 1 amide bonds. The van der Waals surface area contributed by atoms with E-state index in [1.165, 1.54) is 22.4 Å². The second kappa shape index (κ2) is 5.17. The molecule has 0 spiro atoms. The minimum atomic E-state index is -0.112. The zero-order chi connectivity index (χ0) is 12.3. The number of nitrogens with zero attached hydrogens (tertiary/aromatic N) is 1. The van der Waals surface area contributed by atoms with Crippen molar-refractivity contribution in [3.63, 3.8) is 0 Å². The summed E-state index contributed by atoms with van der Waals surface area (Å²) in [7, 11) is 0.